The minimum absolute atomic E-state index is 0.0654. The van der Waals surface area contributed by atoms with Gasteiger partial charge in [-0.1, -0.05) is 28.9 Å². The van der Waals surface area contributed by atoms with Crippen LogP contribution in [0.3, 0.4) is 0 Å². The van der Waals surface area contributed by atoms with Gasteiger partial charge in [0.05, 0.1) is 6.04 Å². The summed E-state index contributed by atoms with van der Waals surface area (Å²) in [5.41, 5.74) is 3.77. The quantitative estimate of drug-likeness (QED) is 0.920. The van der Waals surface area contributed by atoms with Crippen LogP contribution in [0.15, 0.2) is 28.8 Å². The Morgan fingerprint density at radius 2 is 2.00 bits per heavy atom. The van der Waals surface area contributed by atoms with Crippen molar-refractivity contribution in [1.29, 1.82) is 0 Å². The molecule has 1 heterocycles. The first-order valence-corrected chi connectivity index (χ1v) is 6.28. The van der Waals surface area contributed by atoms with Crippen LogP contribution in [-0.4, -0.2) is 11.1 Å². The fourth-order valence-electron chi connectivity index (χ4n) is 2.05. The third kappa shape index (κ3) is 3.02. The molecule has 1 atom stereocenters. The van der Waals surface area contributed by atoms with E-state index in [4.69, 9.17) is 4.52 Å². The highest BCUT2D eigenvalue weighted by Crippen LogP contribution is 2.19. The summed E-state index contributed by atoms with van der Waals surface area (Å²) in [4.78, 5) is 12.0. The number of benzene rings is 1. The van der Waals surface area contributed by atoms with E-state index in [1.165, 1.54) is 5.56 Å². The van der Waals surface area contributed by atoms with Crippen LogP contribution in [0, 0.1) is 20.8 Å². The number of nitrogens with zero attached hydrogens (tertiary/aromatic N) is 1. The molecular weight excluding hydrogens is 240 g/mol. The molecule has 0 fully saturated rings. The Labute approximate surface area is 112 Å². The number of hydrogen-bond donors (Lipinski definition) is 1. The zero-order valence-corrected chi connectivity index (χ0v) is 11.7. The van der Waals surface area contributed by atoms with Crippen molar-refractivity contribution in [2.45, 2.75) is 33.7 Å². The van der Waals surface area contributed by atoms with Crippen LogP contribution in [0.2, 0.25) is 0 Å². The predicted molar refractivity (Wildman–Crippen MR) is 73.0 cm³/mol. The monoisotopic (exact) mass is 258 g/mol. The molecule has 1 amide bonds. The van der Waals surface area contributed by atoms with Crippen molar-refractivity contribution in [2.75, 3.05) is 0 Å². The number of nitrogens with one attached hydrogen (secondary N) is 1. The van der Waals surface area contributed by atoms with E-state index in [-0.39, 0.29) is 11.9 Å². The Morgan fingerprint density at radius 3 is 2.63 bits per heavy atom. The topological polar surface area (TPSA) is 55.1 Å². The van der Waals surface area contributed by atoms with Crippen molar-refractivity contribution in [3.63, 3.8) is 0 Å². The molecule has 0 spiro atoms. The average molecular weight is 258 g/mol. The number of amides is 1. The molecule has 1 aromatic heterocycles. The van der Waals surface area contributed by atoms with E-state index in [1.54, 1.807) is 13.0 Å². The van der Waals surface area contributed by atoms with Crippen LogP contribution in [0.25, 0.3) is 0 Å². The normalized spacial score (nSPS) is 12.2. The SMILES string of the molecule is Cc1ccc(C)c([C@H](C)NC(=O)c2cc(C)on2)c1. The Bertz CT molecular complexity index is 602. The number of rotatable bonds is 3. The number of carbonyl (C=O) groups excluding carboxylic acids is 1. The van der Waals surface area contributed by atoms with Gasteiger partial charge in [0.25, 0.3) is 5.91 Å². The molecule has 1 N–H and O–H groups in total. The Kier molecular flexibility index (Phi) is 3.69. The molecule has 0 aliphatic carbocycles. The maximum absolute atomic E-state index is 12.0. The van der Waals surface area contributed by atoms with Gasteiger partial charge in [-0.3, -0.25) is 4.79 Å². The maximum Gasteiger partial charge on any atom is 0.273 e. The van der Waals surface area contributed by atoms with Gasteiger partial charge in [-0.25, -0.2) is 0 Å². The van der Waals surface area contributed by atoms with E-state index >= 15 is 0 Å². The molecule has 2 rings (SSSR count). The lowest BCUT2D eigenvalue weighted by atomic mass is 10.00. The highest BCUT2D eigenvalue weighted by molar-refractivity contribution is 5.92. The summed E-state index contributed by atoms with van der Waals surface area (Å²) in [7, 11) is 0. The first-order valence-electron chi connectivity index (χ1n) is 6.28. The zero-order valence-electron chi connectivity index (χ0n) is 11.7. The molecule has 0 unspecified atom stereocenters. The molecule has 19 heavy (non-hydrogen) atoms. The van der Waals surface area contributed by atoms with Gasteiger partial charge in [-0.05, 0) is 38.8 Å². The molecule has 4 nitrogen and oxygen atoms in total. The van der Waals surface area contributed by atoms with Gasteiger partial charge in [0.1, 0.15) is 5.76 Å². The smallest absolute Gasteiger partial charge is 0.273 e. The second kappa shape index (κ2) is 5.26. The van der Waals surface area contributed by atoms with Crippen LogP contribution in [-0.2, 0) is 0 Å². The Balaban J connectivity index is 2.14. The summed E-state index contributed by atoms with van der Waals surface area (Å²) < 4.78 is 4.90. The molecule has 0 saturated heterocycles. The molecule has 0 aliphatic rings. The van der Waals surface area contributed by atoms with Gasteiger partial charge in [-0.15, -0.1) is 0 Å². The van der Waals surface area contributed by atoms with Crippen molar-refractivity contribution in [1.82, 2.24) is 10.5 Å². The van der Waals surface area contributed by atoms with Gasteiger partial charge < -0.3 is 9.84 Å². The van der Waals surface area contributed by atoms with Gasteiger partial charge in [0.15, 0.2) is 5.69 Å². The fourth-order valence-corrected chi connectivity index (χ4v) is 2.05. The van der Waals surface area contributed by atoms with E-state index in [2.05, 4.69) is 28.7 Å². The summed E-state index contributed by atoms with van der Waals surface area (Å²) in [5, 5.41) is 6.65. The van der Waals surface area contributed by atoms with Crippen molar-refractivity contribution in [3.05, 3.63) is 52.4 Å². The largest absolute Gasteiger partial charge is 0.361 e. The van der Waals surface area contributed by atoms with E-state index in [9.17, 15) is 4.79 Å². The van der Waals surface area contributed by atoms with Crippen LogP contribution in [0.5, 0.6) is 0 Å². The molecule has 4 heteroatoms. The Hall–Kier alpha value is -2.10. The minimum atomic E-state index is -0.217. The van der Waals surface area contributed by atoms with Crippen molar-refractivity contribution in [3.8, 4) is 0 Å². The summed E-state index contributed by atoms with van der Waals surface area (Å²) in [6.07, 6.45) is 0. The van der Waals surface area contributed by atoms with Gasteiger partial charge in [-0.2, -0.15) is 0 Å². The van der Waals surface area contributed by atoms with Crippen molar-refractivity contribution < 1.29 is 9.32 Å². The lowest BCUT2D eigenvalue weighted by Crippen LogP contribution is -2.27. The summed E-state index contributed by atoms with van der Waals surface area (Å²) in [6, 6.07) is 7.78. The molecule has 1 aromatic carbocycles. The first-order chi connectivity index (χ1) is 8.97. The standard InChI is InChI=1S/C15H18N2O2/c1-9-5-6-10(2)13(7-9)12(4)16-15(18)14-8-11(3)19-17-14/h5-8,12H,1-4H3,(H,16,18)/t12-/m0/s1. The number of hydrogen-bond acceptors (Lipinski definition) is 3. The molecule has 0 radical (unpaired) electrons. The lowest BCUT2D eigenvalue weighted by molar-refractivity contribution is 0.0930. The second-order valence-electron chi connectivity index (χ2n) is 4.88. The van der Waals surface area contributed by atoms with Crippen molar-refractivity contribution >= 4 is 5.91 Å². The minimum Gasteiger partial charge on any atom is -0.361 e. The van der Waals surface area contributed by atoms with E-state index in [1.807, 2.05) is 20.8 Å². The molecular formula is C15H18N2O2. The average Bonchev–Trinajstić information content (AvgIpc) is 2.79. The number of carbonyl (C=O) groups is 1. The highest BCUT2D eigenvalue weighted by atomic mass is 16.5. The molecule has 0 saturated carbocycles. The van der Waals surface area contributed by atoms with Crippen LogP contribution < -0.4 is 5.32 Å². The van der Waals surface area contributed by atoms with Crippen LogP contribution in [0.4, 0.5) is 0 Å². The molecule has 100 valence electrons. The van der Waals surface area contributed by atoms with Gasteiger partial charge in [0, 0.05) is 6.07 Å². The van der Waals surface area contributed by atoms with E-state index < -0.39 is 0 Å². The van der Waals surface area contributed by atoms with E-state index in [0.717, 1.165) is 11.1 Å². The highest BCUT2D eigenvalue weighted by Gasteiger charge is 2.16. The predicted octanol–water partition coefficient (Wildman–Crippen LogP) is 3.09. The molecule has 0 aliphatic heterocycles. The second-order valence-corrected chi connectivity index (χ2v) is 4.88. The van der Waals surface area contributed by atoms with Crippen LogP contribution in [0.1, 0.15) is 45.9 Å². The first kappa shape index (κ1) is 13.3. The number of aryl methyl sites for hydroxylation is 3. The third-order valence-corrected chi connectivity index (χ3v) is 3.11. The zero-order chi connectivity index (χ0) is 14.0. The van der Waals surface area contributed by atoms with Gasteiger partial charge >= 0.3 is 0 Å². The summed E-state index contributed by atoms with van der Waals surface area (Å²) in [6.45, 7) is 7.81. The maximum atomic E-state index is 12.0. The molecule has 0 bridgehead atoms. The molecule has 2 aromatic rings. The van der Waals surface area contributed by atoms with E-state index in [0.29, 0.717) is 11.5 Å². The third-order valence-electron chi connectivity index (χ3n) is 3.11. The Morgan fingerprint density at radius 1 is 1.26 bits per heavy atom. The fraction of sp³-hybridized carbons (Fsp3) is 0.333. The van der Waals surface area contributed by atoms with Crippen LogP contribution >= 0.6 is 0 Å². The summed E-state index contributed by atoms with van der Waals surface area (Å²) >= 11 is 0. The van der Waals surface area contributed by atoms with Gasteiger partial charge in [0.2, 0.25) is 0 Å². The summed E-state index contributed by atoms with van der Waals surface area (Å²) in [5.74, 6) is 0.412. The van der Waals surface area contributed by atoms with Crippen molar-refractivity contribution in [2.24, 2.45) is 0 Å². The number of aromatic nitrogens is 1. The lowest BCUT2D eigenvalue weighted by Gasteiger charge is -2.16.